The number of carbonyl (C=O) groups excluding carboxylic acids is 1. The molecule has 2 atom stereocenters. The zero-order valence-electron chi connectivity index (χ0n) is 21.2. The summed E-state index contributed by atoms with van der Waals surface area (Å²) in [5.74, 6) is 1.11. The van der Waals surface area contributed by atoms with Gasteiger partial charge in [0.05, 0.1) is 33.9 Å². The molecular formula is C26H29Cl2N7O2. The smallest absolute Gasteiger partial charge is 0.410 e. The van der Waals surface area contributed by atoms with E-state index in [4.69, 9.17) is 32.9 Å². The topological polar surface area (TPSA) is 109 Å². The monoisotopic (exact) mass is 541 g/mol. The highest BCUT2D eigenvalue weighted by Gasteiger charge is 2.28. The summed E-state index contributed by atoms with van der Waals surface area (Å²) in [6.07, 6.45) is 4.69. The molecule has 0 bridgehead atoms. The second-order valence-electron chi connectivity index (χ2n) is 9.97. The summed E-state index contributed by atoms with van der Waals surface area (Å²) < 4.78 is 7.36. The predicted molar refractivity (Wildman–Crippen MR) is 143 cm³/mol. The number of benzene rings is 1. The van der Waals surface area contributed by atoms with Crippen molar-refractivity contribution < 1.29 is 9.53 Å². The lowest BCUT2D eigenvalue weighted by molar-refractivity contribution is 0.0206. The zero-order valence-corrected chi connectivity index (χ0v) is 22.7. The van der Waals surface area contributed by atoms with Gasteiger partial charge in [-0.15, -0.1) is 0 Å². The molecule has 0 radical (unpaired) electrons. The van der Waals surface area contributed by atoms with Crippen LogP contribution in [0.5, 0.6) is 0 Å². The first-order chi connectivity index (χ1) is 17.6. The van der Waals surface area contributed by atoms with Crippen molar-refractivity contribution >= 4 is 35.2 Å². The molecule has 3 heterocycles. The Morgan fingerprint density at radius 2 is 2.03 bits per heavy atom. The van der Waals surface area contributed by atoms with Gasteiger partial charge < -0.3 is 15.0 Å². The minimum absolute atomic E-state index is 0.0358. The van der Waals surface area contributed by atoms with Gasteiger partial charge in [0.1, 0.15) is 17.2 Å². The number of piperidine rings is 1. The van der Waals surface area contributed by atoms with Crippen molar-refractivity contribution in [2.24, 2.45) is 0 Å². The summed E-state index contributed by atoms with van der Waals surface area (Å²) >= 11 is 12.4. The normalized spacial score (nSPS) is 16.7. The van der Waals surface area contributed by atoms with E-state index in [-0.39, 0.29) is 12.1 Å². The molecule has 1 N–H and O–H groups in total. The molecule has 2 aromatic heterocycles. The largest absolute Gasteiger partial charge is 0.444 e. The van der Waals surface area contributed by atoms with Gasteiger partial charge >= 0.3 is 6.09 Å². The number of hydrogen-bond donors (Lipinski definition) is 1. The lowest BCUT2D eigenvalue weighted by atomic mass is 10.1. The number of hydrogen-bond acceptors (Lipinski definition) is 7. The van der Waals surface area contributed by atoms with Crippen molar-refractivity contribution in [3.63, 3.8) is 0 Å². The van der Waals surface area contributed by atoms with Crippen molar-refractivity contribution in [2.45, 2.75) is 58.1 Å². The SMILES string of the molecule is CC(C#N)c1cnc(-c2ccc(Cl)c(Cl)c2)n1-c1ccnc(N[C@H]2CCCN(C(=O)OC(C)(C)C)C2)n1. The molecule has 194 valence electrons. The van der Waals surface area contributed by atoms with Crippen LogP contribution in [0.3, 0.4) is 0 Å². The maximum Gasteiger partial charge on any atom is 0.410 e. The maximum absolute atomic E-state index is 12.6. The molecule has 1 amide bonds. The van der Waals surface area contributed by atoms with Crippen LogP contribution in [-0.4, -0.2) is 55.2 Å². The molecule has 3 aromatic rings. The first-order valence-electron chi connectivity index (χ1n) is 12.1. The quantitative estimate of drug-likeness (QED) is 0.417. The van der Waals surface area contributed by atoms with Gasteiger partial charge in [0.15, 0.2) is 0 Å². The van der Waals surface area contributed by atoms with Gasteiger partial charge in [-0.3, -0.25) is 4.57 Å². The van der Waals surface area contributed by atoms with Crippen molar-refractivity contribution in [2.75, 3.05) is 18.4 Å². The number of nitriles is 1. The van der Waals surface area contributed by atoms with Crippen molar-refractivity contribution in [1.29, 1.82) is 5.26 Å². The number of carbonyl (C=O) groups is 1. The Morgan fingerprint density at radius 1 is 1.24 bits per heavy atom. The van der Waals surface area contributed by atoms with Gasteiger partial charge in [-0.05, 0) is 64.8 Å². The van der Waals surface area contributed by atoms with E-state index in [1.54, 1.807) is 42.4 Å². The average molecular weight is 542 g/mol. The molecule has 0 aliphatic carbocycles. The summed E-state index contributed by atoms with van der Waals surface area (Å²) in [6, 6.07) is 9.26. The second-order valence-corrected chi connectivity index (χ2v) is 10.8. The number of aromatic nitrogens is 4. The second kappa shape index (κ2) is 11.0. The van der Waals surface area contributed by atoms with Crippen molar-refractivity contribution in [3.8, 4) is 23.3 Å². The molecular weight excluding hydrogens is 513 g/mol. The Kier molecular flexibility index (Phi) is 7.90. The van der Waals surface area contributed by atoms with E-state index >= 15 is 0 Å². The molecule has 0 saturated carbocycles. The Balaban J connectivity index is 1.62. The van der Waals surface area contributed by atoms with Gasteiger partial charge in [-0.25, -0.2) is 14.8 Å². The first-order valence-corrected chi connectivity index (χ1v) is 12.8. The fourth-order valence-corrected chi connectivity index (χ4v) is 4.43. The lowest BCUT2D eigenvalue weighted by Crippen LogP contribution is -2.47. The Hall–Kier alpha value is -3.35. The molecule has 1 aliphatic rings. The van der Waals surface area contributed by atoms with Crippen LogP contribution in [0.1, 0.15) is 52.1 Å². The predicted octanol–water partition coefficient (Wildman–Crippen LogP) is 6.07. The van der Waals surface area contributed by atoms with Crippen LogP contribution in [-0.2, 0) is 4.74 Å². The van der Waals surface area contributed by atoms with E-state index in [0.29, 0.717) is 46.4 Å². The molecule has 1 aliphatic heterocycles. The molecule has 37 heavy (non-hydrogen) atoms. The van der Waals surface area contributed by atoms with E-state index in [9.17, 15) is 10.1 Å². The van der Waals surface area contributed by atoms with Gasteiger partial charge in [0.25, 0.3) is 0 Å². The van der Waals surface area contributed by atoms with Crippen LogP contribution in [0.4, 0.5) is 10.7 Å². The van der Waals surface area contributed by atoms with Gasteiger partial charge in [0, 0.05) is 30.9 Å². The minimum atomic E-state index is -0.552. The number of rotatable bonds is 5. The summed E-state index contributed by atoms with van der Waals surface area (Å²) in [6.45, 7) is 8.50. The fraction of sp³-hybridized carbons (Fsp3) is 0.423. The third-order valence-electron chi connectivity index (χ3n) is 5.88. The van der Waals surface area contributed by atoms with E-state index in [2.05, 4.69) is 21.4 Å². The first kappa shape index (κ1) is 26.7. The van der Waals surface area contributed by atoms with Crippen molar-refractivity contribution in [3.05, 3.63) is 52.4 Å². The van der Waals surface area contributed by atoms with Crippen LogP contribution < -0.4 is 5.32 Å². The van der Waals surface area contributed by atoms with E-state index in [0.717, 1.165) is 18.4 Å². The zero-order chi connectivity index (χ0) is 26.7. The molecule has 0 spiro atoms. The summed E-state index contributed by atoms with van der Waals surface area (Å²) in [7, 11) is 0. The fourth-order valence-electron chi connectivity index (χ4n) is 4.13. The molecule has 1 aromatic carbocycles. The number of nitrogens with one attached hydrogen (secondary N) is 1. The molecule has 9 nitrogen and oxygen atoms in total. The number of amides is 1. The number of ether oxygens (including phenoxy) is 1. The van der Waals surface area contributed by atoms with Crippen molar-refractivity contribution in [1.82, 2.24) is 24.4 Å². The van der Waals surface area contributed by atoms with Gasteiger partial charge in [-0.2, -0.15) is 10.2 Å². The summed E-state index contributed by atoms with van der Waals surface area (Å²) in [5, 5.41) is 13.8. The van der Waals surface area contributed by atoms with Crippen LogP contribution in [0.15, 0.2) is 36.7 Å². The van der Waals surface area contributed by atoms with E-state index < -0.39 is 11.5 Å². The Morgan fingerprint density at radius 3 is 2.73 bits per heavy atom. The highest BCUT2D eigenvalue weighted by Crippen LogP contribution is 2.31. The highest BCUT2D eigenvalue weighted by molar-refractivity contribution is 6.42. The van der Waals surface area contributed by atoms with Crippen LogP contribution >= 0.6 is 23.2 Å². The van der Waals surface area contributed by atoms with E-state index in [1.165, 1.54) is 0 Å². The van der Waals surface area contributed by atoms with E-state index in [1.807, 2.05) is 31.4 Å². The molecule has 4 rings (SSSR count). The molecule has 1 fully saturated rings. The van der Waals surface area contributed by atoms with Crippen LogP contribution in [0, 0.1) is 11.3 Å². The molecule has 11 heteroatoms. The summed E-state index contributed by atoms with van der Waals surface area (Å²) in [5.41, 5.74) is 0.866. The standard InChI is InChI=1S/C26H29Cl2N7O2/c1-16(13-29)21-14-31-23(17-7-8-19(27)20(28)12-17)35(21)22-9-10-30-24(33-22)32-18-6-5-11-34(15-18)25(36)37-26(2,3)4/h7-10,12,14,16,18H,5-6,11,15H2,1-4H3,(H,30,32,33)/t16?,18-/m0/s1. The Bertz CT molecular complexity index is 1330. The number of nitrogens with zero attached hydrogens (tertiary/aromatic N) is 6. The van der Waals surface area contributed by atoms with Crippen LogP contribution in [0.2, 0.25) is 10.0 Å². The minimum Gasteiger partial charge on any atom is -0.444 e. The molecule has 1 unspecified atom stereocenters. The Labute approximate surface area is 226 Å². The number of anilines is 1. The lowest BCUT2D eigenvalue weighted by Gasteiger charge is -2.34. The number of imidazole rings is 1. The average Bonchev–Trinajstić information content (AvgIpc) is 3.30. The van der Waals surface area contributed by atoms with Crippen LogP contribution in [0.25, 0.3) is 17.2 Å². The highest BCUT2D eigenvalue weighted by atomic mass is 35.5. The third kappa shape index (κ3) is 6.32. The number of halogens is 2. The molecule has 1 saturated heterocycles. The van der Waals surface area contributed by atoms with Gasteiger partial charge in [-0.1, -0.05) is 23.2 Å². The maximum atomic E-state index is 12.6. The summed E-state index contributed by atoms with van der Waals surface area (Å²) in [4.78, 5) is 28.0. The van der Waals surface area contributed by atoms with Gasteiger partial charge in [0.2, 0.25) is 5.95 Å². The number of likely N-dealkylation sites (tertiary alicyclic amines) is 1. The third-order valence-corrected chi connectivity index (χ3v) is 6.62.